The quantitative estimate of drug-likeness (QED) is 0.737. The number of anilines is 1. The van der Waals surface area contributed by atoms with Crippen molar-refractivity contribution in [1.82, 2.24) is 19.9 Å². The summed E-state index contributed by atoms with van der Waals surface area (Å²) in [5.41, 5.74) is -0.402. The first-order valence-corrected chi connectivity index (χ1v) is 10.0. The van der Waals surface area contributed by atoms with E-state index < -0.39 is 11.5 Å². The molecule has 1 saturated heterocycles. The number of ether oxygens (including phenoxy) is 1. The molecular formula is C17H25N5O3S. The second kappa shape index (κ2) is 9.09. The van der Waals surface area contributed by atoms with Gasteiger partial charge in [-0.2, -0.15) is 4.52 Å². The van der Waals surface area contributed by atoms with Crippen LogP contribution in [0.2, 0.25) is 0 Å². The van der Waals surface area contributed by atoms with Gasteiger partial charge in [-0.25, -0.2) is 4.98 Å². The second-order valence-electron chi connectivity index (χ2n) is 6.26. The molecule has 8 nitrogen and oxygen atoms in total. The van der Waals surface area contributed by atoms with E-state index in [2.05, 4.69) is 20.3 Å². The van der Waals surface area contributed by atoms with Gasteiger partial charge in [0.2, 0.25) is 10.1 Å². The van der Waals surface area contributed by atoms with E-state index in [1.165, 1.54) is 34.9 Å². The summed E-state index contributed by atoms with van der Waals surface area (Å²) in [7, 11) is 0. The van der Waals surface area contributed by atoms with Crippen LogP contribution in [0.4, 0.5) is 5.13 Å². The van der Waals surface area contributed by atoms with Gasteiger partial charge in [0, 0.05) is 39.0 Å². The summed E-state index contributed by atoms with van der Waals surface area (Å²) >= 11 is 1.39. The molecule has 1 amide bonds. The van der Waals surface area contributed by atoms with E-state index in [4.69, 9.17) is 4.74 Å². The van der Waals surface area contributed by atoms with Crippen LogP contribution in [0.25, 0.3) is 4.96 Å². The van der Waals surface area contributed by atoms with E-state index in [-0.39, 0.29) is 5.56 Å². The average molecular weight is 379 g/mol. The van der Waals surface area contributed by atoms with Crippen LogP contribution in [0.15, 0.2) is 11.0 Å². The Morgan fingerprint density at radius 3 is 2.81 bits per heavy atom. The molecule has 0 aromatic carbocycles. The van der Waals surface area contributed by atoms with Crippen LogP contribution in [-0.4, -0.2) is 53.4 Å². The molecule has 3 rings (SSSR count). The summed E-state index contributed by atoms with van der Waals surface area (Å²) < 4.78 is 6.48. The molecule has 142 valence electrons. The highest BCUT2D eigenvalue weighted by molar-refractivity contribution is 7.20. The second-order valence-corrected chi connectivity index (χ2v) is 7.20. The Morgan fingerprint density at radius 2 is 2.08 bits per heavy atom. The first kappa shape index (κ1) is 18.8. The molecule has 0 bridgehead atoms. The van der Waals surface area contributed by atoms with Crippen molar-refractivity contribution in [2.45, 2.75) is 39.0 Å². The highest BCUT2D eigenvalue weighted by atomic mass is 32.1. The van der Waals surface area contributed by atoms with E-state index in [9.17, 15) is 9.59 Å². The van der Waals surface area contributed by atoms with Gasteiger partial charge in [-0.05, 0) is 26.2 Å². The van der Waals surface area contributed by atoms with E-state index >= 15 is 0 Å². The van der Waals surface area contributed by atoms with Gasteiger partial charge in [-0.15, -0.1) is 5.10 Å². The minimum atomic E-state index is -0.422. The highest BCUT2D eigenvalue weighted by Gasteiger charge is 2.19. The summed E-state index contributed by atoms with van der Waals surface area (Å²) in [6.45, 7) is 5.51. The SMILES string of the molecule is CCOCCCNC(=O)c1cnc2sc(N3CCCCCC3)nn2c1=O. The third kappa shape index (κ3) is 4.39. The lowest BCUT2D eigenvalue weighted by Crippen LogP contribution is -2.32. The Bertz CT molecular complexity index is 795. The van der Waals surface area contributed by atoms with Crippen LogP contribution < -0.4 is 15.8 Å². The molecule has 0 saturated carbocycles. The minimum absolute atomic E-state index is 0.0200. The first-order valence-electron chi connectivity index (χ1n) is 9.20. The Hall–Kier alpha value is -2.00. The molecule has 1 aliphatic rings. The zero-order valence-electron chi connectivity index (χ0n) is 15.1. The fraction of sp³-hybridized carbons (Fsp3) is 0.647. The van der Waals surface area contributed by atoms with Crippen molar-refractivity contribution in [3.05, 3.63) is 22.1 Å². The van der Waals surface area contributed by atoms with Crippen LogP contribution >= 0.6 is 11.3 Å². The largest absolute Gasteiger partial charge is 0.382 e. The first-order chi connectivity index (χ1) is 12.7. The van der Waals surface area contributed by atoms with Crippen LogP contribution in [0.1, 0.15) is 49.4 Å². The lowest BCUT2D eigenvalue weighted by atomic mass is 10.2. The Morgan fingerprint density at radius 1 is 1.31 bits per heavy atom. The molecule has 1 N–H and O–H groups in total. The molecule has 0 aliphatic carbocycles. The molecule has 0 unspecified atom stereocenters. The van der Waals surface area contributed by atoms with Crippen LogP contribution in [0.5, 0.6) is 0 Å². The zero-order valence-corrected chi connectivity index (χ0v) is 15.9. The number of rotatable bonds is 7. The van der Waals surface area contributed by atoms with E-state index in [1.54, 1.807) is 0 Å². The standard InChI is InChI=1S/C17H25N5O3S/c1-2-25-11-7-8-18-14(23)13-12-19-16-22(15(13)24)20-17(26-16)21-9-5-3-4-6-10-21/h12H,2-11H2,1H3,(H,18,23). The molecule has 0 radical (unpaired) electrons. The lowest BCUT2D eigenvalue weighted by molar-refractivity contribution is 0.0942. The van der Waals surface area contributed by atoms with Crippen molar-refractivity contribution in [1.29, 1.82) is 0 Å². The monoisotopic (exact) mass is 379 g/mol. The molecule has 0 spiro atoms. The predicted octanol–water partition coefficient (Wildman–Crippen LogP) is 1.69. The van der Waals surface area contributed by atoms with Crippen molar-refractivity contribution in [3.8, 4) is 0 Å². The van der Waals surface area contributed by atoms with Crippen LogP contribution in [0.3, 0.4) is 0 Å². The fourth-order valence-electron chi connectivity index (χ4n) is 2.94. The van der Waals surface area contributed by atoms with Gasteiger partial charge in [0.05, 0.1) is 0 Å². The molecule has 2 aromatic heterocycles. The number of carbonyl (C=O) groups excluding carboxylic acids is 1. The number of nitrogens with one attached hydrogen (secondary N) is 1. The number of carbonyl (C=O) groups is 1. The maximum Gasteiger partial charge on any atom is 0.288 e. The maximum absolute atomic E-state index is 12.6. The zero-order chi connectivity index (χ0) is 18.4. The number of amides is 1. The van der Waals surface area contributed by atoms with Crippen molar-refractivity contribution in [2.24, 2.45) is 0 Å². The van der Waals surface area contributed by atoms with Crippen molar-refractivity contribution in [2.75, 3.05) is 37.7 Å². The summed E-state index contributed by atoms with van der Waals surface area (Å²) in [5.74, 6) is -0.419. The lowest BCUT2D eigenvalue weighted by Gasteiger charge is -2.17. The molecular weight excluding hydrogens is 354 g/mol. The molecule has 26 heavy (non-hydrogen) atoms. The molecule has 0 atom stereocenters. The fourth-order valence-corrected chi connectivity index (χ4v) is 3.85. The van der Waals surface area contributed by atoms with Gasteiger partial charge in [-0.3, -0.25) is 9.59 Å². The Labute approximate surface area is 156 Å². The third-order valence-corrected chi connectivity index (χ3v) is 5.34. The van der Waals surface area contributed by atoms with E-state index in [0.29, 0.717) is 31.1 Å². The van der Waals surface area contributed by atoms with E-state index in [0.717, 1.165) is 31.1 Å². The number of fused-ring (bicyclic) bond motifs is 1. The smallest absolute Gasteiger partial charge is 0.288 e. The predicted molar refractivity (Wildman–Crippen MR) is 101 cm³/mol. The van der Waals surface area contributed by atoms with Gasteiger partial charge < -0.3 is 15.0 Å². The third-order valence-electron chi connectivity index (χ3n) is 4.35. The molecule has 1 fully saturated rings. The van der Waals surface area contributed by atoms with E-state index in [1.807, 2.05) is 6.92 Å². The summed E-state index contributed by atoms with van der Waals surface area (Å²) in [5, 5.41) is 7.96. The summed E-state index contributed by atoms with van der Waals surface area (Å²) in [6.07, 6.45) is 6.77. The van der Waals surface area contributed by atoms with Gasteiger partial charge in [0.15, 0.2) is 0 Å². The van der Waals surface area contributed by atoms with Gasteiger partial charge in [0.25, 0.3) is 11.5 Å². The normalized spacial score (nSPS) is 15.2. The number of aromatic nitrogens is 3. The maximum atomic E-state index is 12.6. The topological polar surface area (TPSA) is 88.8 Å². The Balaban J connectivity index is 1.73. The number of hydrogen-bond donors (Lipinski definition) is 1. The van der Waals surface area contributed by atoms with Gasteiger partial charge in [-0.1, -0.05) is 24.2 Å². The van der Waals surface area contributed by atoms with Gasteiger partial charge >= 0.3 is 0 Å². The number of nitrogens with zero attached hydrogens (tertiary/aromatic N) is 4. The van der Waals surface area contributed by atoms with Gasteiger partial charge in [0.1, 0.15) is 5.56 Å². The molecule has 9 heteroatoms. The number of hydrogen-bond acceptors (Lipinski definition) is 7. The summed E-state index contributed by atoms with van der Waals surface area (Å²) in [6, 6.07) is 0. The minimum Gasteiger partial charge on any atom is -0.382 e. The highest BCUT2D eigenvalue weighted by Crippen LogP contribution is 2.24. The summed E-state index contributed by atoms with van der Waals surface area (Å²) in [4.78, 5) is 31.9. The van der Waals surface area contributed by atoms with Crippen molar-refractivity contribution in [3.63, 3.8) is 0 Å². The van der Waals surface area contributed by atoms with Crippen molar-refractivity contribution < 1.29 is 9.53 Å². The Kier molecular flexibility index (Phi) is 6.56. The average Bonchev–Trinajstić information content (AvgIpc) is 2.89. The molecule has 3 heterocycles. The van der Waals surface area contributed by atoms with Crippen LogP contribution in [0, 0.1) is 0 Å². The molecule has 2 aromatic rings. The van der Waals surface area contributed by atoms with Crippen LogP contribution in [-0.2, 0) is 4.74 Å². The molecule has 1 aliphatic heterocycles. The van der Waals surface area contributed by atoms with Crippen molar-refractivity contribution >= 4 is 27.3 Å².